The van der Waals surface area contributed by atoms with Gasteiger partial charge in [0.1, 0.15) is 0 Å². The number of aliphatic imine (C=N–C) groups is 1. The van der Waals surface area contributed by atoms with Crippen LogP contribution in [0.2, 0.25) is 0 Å². The highest BCUT2D eigenvalue weighted by Crippen LogP contribution is 2.11. The van der Waals surface area contributed by atoms with Crippen LogP contribution >= 0.6 is 24.8 Å². The van der Waals surface area contributed by atoms with Gasteiger partial charge in [-0.2, -0.15) is 0 Å². The lowest BCUT2D eigenvalue weighted by Gasteiger charge is -1.89. The van der Waals surface area contributed by atoms with Crippen molar-refractivity contribution in [3.05, 3.63) is 29.6 Å². The lowest BCUT2D eigenvalue weighted by atomic mass is 10.2. The molecule has 2 heterocycles. The second kappa shape index (κ2) is 4.18. The van der Waals surface area contributed by atoms with E-state index in [0.717, 1.165) is 5.56 Å². The molecule has 2 rings (SSSR count). The number of halogens is 2. The average molecular weight is 205 g/mol. The van der Waals surface area contributed by atoms with Crippen molar-refractivity contribution < 1.29 is 4.79 Å². The van der Waals surface area contributed by atoms with Crippen LogP contribution in [-0.4, -0.2) is 17.1 Å². The highest BCUT2D eigenvalue weighted by Gasteiger charge is 2.13. The number of amides is 1. The average Bonchev–Trinajstić information content (AvgIpc) is 2.34. The number of pyridine rings is 1. The van der Waals surface area contributed by atoms with Crippen molar-refractivity contribution in [2.24, 2.45) is 4.99 Å². The number of rotatable bonds is 0. The largest absolute Gasteiger partial charge is 0.279 e. The monoisotopic (exact) mass is 204 g/mol. The van der Waals surface area contributed by atoms with Gasteiger partial charge >= 0.3 is 0 Å². The molecule has 0 aliphatic carbocycles. The van der Waals surface area contributed by atoms with Gasteiger partial charge in [-0.15, -0.1) is 24.8 Å². The second-order valence-corrected chi connectivity index (χ2v) is 2.03. The van der Waals surface area contributed by atoms with Gasteiger partial charge in [0, 0.05) is 24.2 Å². The highest BCUT2D eigenvalue weighted by atomic mass is 35.5. The van der Waals surface area contributed by atoms with Gasteiger partial charge in [-0.25, -0.2) is 4.99 Å². The zero-order valence-electron chi connectivity index (χ0n) is 5.93. The van der Waals surface area contributed by atoms with Crippen LogP contribution in [0.5, 0.6) is 0 Å². The molecule has 3 nitrogen and oxygen atoms in total. The number of fused-ring (bicyclic) bond motifs is 1. The van der Waals surface area contributed by atoms with Crippen LogP contribution in [0.25, 0.3) is 0 Å². The summed E-state index contributed by atoms with van der Waals surface area (Å²) in [5, 5.41) is 0. The minimum Gasteiger partial charge on any atom is -0.267 e. The maximum Gasteiger partial charge on any atom is 0.279 e. The smallest absolute Gasteiger partial charge is 0.267 e. The molecule has 1 amide bonds. The van der Waals surface area contributed by atoms with Gasteiger partial charge in [-0.05, 0) is 6.07 Å². The van der Waals surface area contributed by atoms with Crippen LogP contribution < -0.4 is 0 Å². The van der Waals surface area contributed by atoms with Gasteiger partial charge in [-0.3, -0.25) is 9.78 Å². The van der Waals surface area contributed by atoms with Crippen LogP contribution in [0.3, 0.4) is 0 Å². The Hall–Kier alpha value is -0.930. The molecule has 1 aromatic rings. The summed E-state index contributed by atoms with van der Waals surface area (Å²) in [7, 11) is 0. The highest BCUT2D eigenvalue weighted by molar-refractivity contribution is 6.12. The summed E-state index contributed by atoms with van der Waals surface area (Å²) in [5.41, 5.74) is 1.46. The van der Waals surface area contributed by atoms with Crippen molar-refractivity contribution >= 4 is 36.9 Å². The van der Waals surface area contributed by atoms with E-state index in [4.69, 9.17) is 0 Å². The van der Waals surface area contributed by atoms with Gasteiger partial charge in [0.2, 0.25) is 0 Å². The van der Waals surface area contributed by atoms with Crippen LogP contribution in [0.15, 0.2) is 23.5 Å². The summed E-state index contributed by atoms with van der Waals surface area (Å²) in [5.74, 6) is -0.192. The predicted molar refractivity (Wildman–Crippen MR) is 50.7 cm³/mol. The minimum atomic E-state index is -0.192. The molecule has 0 unspecified atom stereocenters. The quantitative estimate of drug-likeness (QED) is 0.643. The van der Waals surface area contributed by atoms with E-state index in [2.05, 4.69) is 9.98 Å². The fourth-order valence-electron chi connectivity index (χ4n) is 0.894. The number of hydrogen-bond acceptors (Lipinski definition) is 2. The normalized spacial score (nSPS) is 11.5. The summed E-state index contributed by atoms with van der Waals surface area (Å²) >= 11 is 0. The Morgan fingerprint density at radius 1 is 1.25 bits per heavy atom. The molecule has 1 aliphatic rings. The first-order valence-corrected chi connectivity index (χ1v) is 2.90. The van der Waals surface area contributed by atoms with Crippen molar-refractivity contribution in [3.8, 4) is 0 Å². The molecule has 0 saturated heterocycles. The van der Waals surface area contributed by atoms with E-state index in [1.165, 1.54) is 6.20 Å². The molecule has 0 bridgehead atoms. The van der Waals surface area contributed by atoms with E-state index < -0.39 is 0 Å². The Labute approximate surface area is 81.7 Å². The molecule has 0 aromatic carbocycles. The van der Waals surface area contributed by atoms with E-state index in [0.29, 0.717) is 5.56 Å². The van der Waals surface area contributed by atoms with Crippen molar-refractivity contribution in [1.29, 1.82) is 0 Å². The molecule has 0 spiro atoms. The molecule has 1 aliphatic heterocycles. The molecular formula is C7H6Cl2N2O. The Morgan fingerprint density at radius 2 is 2.00 bits per heavy atom. The van der Waals surface area contributed by atoms with Crippen LogP contribution in [0.1, 0.15) is 15.9 Å². The Kier molecular flexibility index (Phi) is 3.86. The summed E-state index contributed by atoms with van der Waals surface area (Å²) in [6.07, 6.45) is 4.73. The fraction of sp³-hybridized carbons (Fsp3) is 0. The van der Waals surface area contributed by atoms with Gasteiger partial charge in [0.05, 0.1) is 5.56 Å². The maximum atomic E-state index is 10.8. The number of carbonyl (C=O) groups is 1. The number of carbonyl (C=O) groups excluding carboxylic acids is 1. The van der Waals surface area contributed by atoms with E-state index in [1.807, 2.05) is 0 Å². The SMILES string of the molecule is Cl.Cl.O=C1N=Cc2ccncc21. The van der Waals surface area contributed by atoms with E-state index in [1.54, 1.807) is 18.5 Å². The fourth-order valence-corrected chi connectivity index (χ4v) is 0.894. The third-order valence-corrected chi connectivity index (χ3v) is 1.41. The minimum absolute atomic E-state index is 0. The summed E-state index contributed by atoms with van der Waals surface area (Å²) in [6, 6.07) is 1.77. The van der Waals surface area contributed by atoms with Crippen LogP contribution in [0, 0.1) is 0 Å². The Balaban J connectivity index is 0.000000605. The topological polar surface area (TPSA) is 42.3 Å². The molecule has 0 fully saturated rings. The molecular weight excluding hydrogens is 199 g/mol. The van der Waals surface area contributed by atoms with Crippen molar-refractivity contribution in [3.63, 3.8) is 0 Å². The van der Waals surface area contributed by atoms with Crippen LogP contribution in [-0.2, 0) is 0 Å². The Bertz CT molecular complexity index is 325. The van der Waals surface area contributed by atoms with Crippen molar-refractivity contribution in [1.82, 2.24) is 4.98 Å². The molecule has 1 aromatic heterocycles. The molecule has 0 radical (unpaired) electrons. The van der Waals surface area contributed by atoms with Crippen molar-refractivity contribution in [2.45, 2.75) is 0 Å². The van der Waals surface area contributed by atoms with E-state index in [9.17, 15) is 4.79 Å². The van der Waals surface area contributed by atoms with Gasteiger partial charge in [0.15, 0.2) is 0 Å². The number of nitrogens with zero attached hydrogens (tertiary/aromatic N) is 2. The van der Waals surface area contributed by atoms with E-state index in [-0.39, 0.29) is 30.7 Å². The first-order valence-electron chi connectivity index (χ1n) is 2.90. The summed E-state index contributed by atoms with van der Waals surface area (Å²) in [6.45, 7) is 0. The lowest BCUT2D eigenvalue weighted by Crippen LogP contribution is -1.91. The maximum absolute atomic E-state index is 10.8. The molecule has 12 heavy (non-hydrogen) atoms. The standard InChI is InChI=1S/C7H4N2O.2ClH/c10-7-6-4-8-2-1-5(6)3-9-7;;/h1-4H;2*1H. The molecule has 0 saturated carbocycles. The molecule has 5 heteroatoms. The van der Waals surface area contributed by atoms with Crippen LogP contribution in [0.4, 0.5) is 0 Å². The third kappa shape index (κ3) is 1.62. The van der Waals surface area contributed by atoms with Gasteiger partial charge in [-0.1, -0.05) is 0 Å². The van der Waals surface area contributed by atoms with Crippen molar-refractivity contribution in [2.75, 3.05) is 0 Å². The van der Waals surface area contributed by atoms with E-state index >= 15 is 0 Å². The summed E-state index contributed by atoms with van der Waals surface area (Å²) in [4.78, 5) is 18.2. The zero-order chi connectivity index (χ0) is 6.97. The first-order chi connectivity index (χ1) is 4.88. The predicted octanol–water partition coefficient (Wildman–Crippen LogP) is 1.50. The first kappa shape index (κ1) is 11.1. The van der Waals surface area contributed by atoms with Gasteiger partial charge in [0.25, 0.3) is 5.91 Å². The lowest BCUT2D eigenvalue weighted by molar-refractivity contribution is 0.101. The Morgan fingerprint density at radius 3 is 2.67 bits per heavy atom. The molecule has 64 valence electrons. The molecule has 0 N–H and O–H groups in total. The third-order valence-electron chi connectivity index (χ3n) is 1.41. The number of hydrogen-bond donors (Lipinski definition) is 0. The number of aromatic nitrogens is 1. The van der Waals surface area contributed by atoms with Gasteiger partial charge < -0.3 is 0 Å². The molecule has 0 atom stereocenters. The summed E-state index contributed by atoms with van der Waals surface area (Å²) < 4.78 is 0. The zero-order valence-corrected chi connectivity index (χ0v) is 7.56. The second-order valence-electron chi connectivity index (χ2n) is 2.03.